The van der Waals surface area contributed by atoms with E-state index in [0.29, 0.717) is 41.1 Å². The Balaban J connectivity index is 1.56. The summed E-state index contributed by atoms with van der Waals surface area (Å²) in [6, 6.07) is 11.6. The number of methoxy groups -OCH3 is 1. The van der Waals surface area contributed by atoms with Crippen LogP contribution >= 0.6 is 0 Å². The molecule has 0 aliphatic carbocycles. The van der Waals surface area contributed by atoms with Crippen LogP contribution in [0.2, 0.25) is 0 Å². The molecular formula is C25H21FN4O5S. The molecule has 184 valence electrons. The summed E-state index contributed by atoms with van der Waals surface area (Å²) in [6.45, 7) is 2.29. The minimum Gasteiger partial charge on any atom is -0.489 e. The minimum atomic E-state index is -4.03. The largest absolute Gasteiger partial charge is 0.489 e. The van der Waals surface area contributed by atoms with Gasteiger partial charge in [0.1, 0.15) is 23.8 Å². The number of hydrogen-bond donors (Lipinski definition) is 1. The van der Waals surface area contributed by atoms with E-state index >= 15 is 0 Å². The first-order valence-corrected chi connectivity index (χ1v) is 12.4. The van der Waals surface area contributed by atoms with Crippen molar-refractivity contribution in [1.82, 2.24) is 9.97 Å². The molecule has 1 N–H and O–H groups in total. The topological polar surface area (TPSA) is 111 Å². The van der Waals surface area contributed by atoms with Gasteiger partial charge in [0, 0.05) is 24.1 Å². The summed E-state index contributed by atoms with van der Waals surface area (Å²) in [5.41, 5.74) is 2.72. The number of aromatic nitrogens is 2. The van der Waals surface area contributed by atoms with E-state index in [4.69, 9.17) is 9.47 Å². The lowest BCUT2D eigenvalue weighted by atomic mass is 10.0. The molecule has 1 amide bonds. The molecule has 1 aliphatic heterocycles. The van der Waals surface area contributed by atoms with Gasteiger partial charge in [-0.05, 0) is 48.0 Å². The first kappa shape index (κ1) is 23.5. The first-order valence-electron chi connectivity index (χ1n) is 10.9. The lowest BCUT2D eigenvalue weighted by Gasteiger charge is -2.29. The van der Waals surface area contributed by atoms with Crippen molar-refractivity contribution >= 4 is 38.2 Å². The van der Waals surface area contributed by atoms with Gasteiger partial charge in [0.2, 0.25) is 11.8 Å². The molecule has 11 heteroatoms. The molecule has 1 aliphatic rings. The number of anilines is 2. The molecule has 0 spiro atoms. The molecule has 0 radical (unpaired) electrons. The monoisotopic (exact) mass is 508 g/mol. The van der Waals surface area contributed by atoms with Crippen molar-refractivity contribution in [2.75, 3.05) is 29.9 Å². The van der Waals surface area contributed by atoms with Gasteiger partial charge < -0.3 is 14.4 Å². The van der Waals surface area contributed by atoms with Crippen LogP contribution in [0, 0.1) is 5.82 Å². The number of sulfonamides is 1. The number of ether oxygens (including phenoxy) is 2. The number of benzene rings is 2. The van der Waals surface area contributed by atoms with Gasteiger partial charge in [0.05, 0.1) is 30.3 Å². The number of pyridine rings is 2. The number of halogens is 1. The number of carbonyl (C=O) groups excluding carboxylic acids is 1. The first-order chi connectivity index (χ1) is 17.3. The normalized spacial score (nSPS) is 13.1. The fraction of sp³-hybridized carbons (Fsp3) is 0.160. The van der Waals surface area contributed by atoms with E-state index in [1.165, 1.54) is 26.2 Å². The highest BCUT2D eigenvalue weighted by molar-refractivity contribution is 7.92. The third-order valence-electron chi connectivity index (χ3n) is 5.78. The zero-order valence-electron chi connectivity index (χ0n) is 19.4. The number of nitrogens with one attached hydrogen (secondary N) is 1. The summed E-state index contributed by atoms with van der Waals surface area (Å²) < 4.78 is 52.6. The summed E-state index contributed by atoms with van der Waals surface area (Å²) in [7, 11) is -2.65. The zero-order chi connectivity index (χ0) is 25.4. The summed E-state index contributed by atoms with van der Waals surface area (Å²) in [5.74, 6) is -0.0143. The Morgan fingerprint density at radius 1 is 1.08 bits per heavy atom. The Kier molecular flexibility index (Phi) is 5.92. The van der Waals surface area contributed by atoms with E-state index in [-0.39, 0.29) is 22.4 Å². The number of hydrogen-bond acceptors (Lipinski definition) is 7. The lowest BCUT2D eigenvalue weighted by molar-refractivity contribution is -0.116. The van der Waals surface area contributed by atoms with E-state index in [1.54, 1.807) is 23.4 Å². The van der Waals surface area contributed by atoms with Crippen LogP contribution < -0.4 is 19.1 Å². The molecule has 0 atom stereocenters. The molecule has 0 saturated carbocycles. The maximum Gasteiger partial charge on any atom is 0.262 e. The molecule has 5 rings (SSSR count). The highest BCUT2D eigenvalue weighted by atomic mass is 32.2. The van der Waals surface area contributed by atoms with Crippen molar-refractivity contribution in [2.45, 2.75) is 11.8 Å². The summed E-state index contributed by atoms with van der Waals surface area (Å²) >= 11 is 0. The standard InChI is InChI=1S/C25H21FN4O5S/c1-15(31)30-9-10-35-24-20-11-16(3-8-21(20)27-14-23(24)30)17-12-22(25(34-2)28-13-17)29-36(32,33)19-6-4-18(26)5-7-19/h3-8,11-14,29H,9-10H2,1-2H3. The van der Waals surface area contributed by atoms with Crippen LogP contribution in [0.25, 0.3) is 22.0 Å². The highest BCUT2D eigenvalue weighted by Gasteiger charge is 2.24. The summed E-state index contributed by atoms with van der Waals surface area (Å²) in [5, 5.41) is 0.709. The van der Waals surface area contributed by atoms with E-state index in [0.717, 1.165) is 17.7 Å². The summed E-state index contributed by atoms with van der Waals surface area (Å²) in [4.78, 5) is 22.3. The van der Waals surface area contributed by atoms with Crippen molar-refractivity contribution in [1.29, 1.82) is 0 Å². The Morgan fingerprint density at radius 3 is 2.58 bits per heavy atom. The Hall–Kier alpha value is -4.25. The molecule has 0 unspecified atom stereocenters. The van der Waals surface area contributed by atoms with Crippen LogP contribution in [0.15, 0.2) is 65.8 Å². The second kappa shape index (κ2) is 9.08. The van der Waals surface area contributed by atoms with Crippen LogP contribution in [0.1, 0.15) is 6.92 Å². The van der Waals surface area contributed by atoms with Gasteiger partial charge in [-0.3, -0.25) is 14.5 Å². The third-order valence-corrected chi connectivity index (χ3v) is 7.16. The number of amides is 1. The second-order valence-electron chi connectivity index (χ2n) is 8.06. The van der Waals surface area contributed by atoms with Crippen LogP contribution in [0.4, 0.5) is 15.8 Å². The van der Waals surface area contributed by atoms with Crippen molar-refractivity contribution in [3.8, 4) is 22.8 Å². The molecule has 9 nitrogen and oxygen atoms in total. The average molecular weight is 509 g/mol. The molecule has 2 aromatic carbocycles. The molecule has 0 saturated heterocycles. The predicted octanol–water partition coefficient (Wildman–Crippen LogP) is 3.99. The van der Waals surface area contributed by atoms with Crippen molar-refractivity contribution in [3.05, 3.63) is 66.7 Å². The molecule has 4 aromatic rings. The van der Waals surface area contributed by atoms with Gasteiger partial charge in [-0.1, -0.05) is 6.07 Å². The van der Waals surface area contributed by atoms with E-state index in [1.807, 2.05) is 18.2 Å². The van der Waals surface area contributed by atoms with Gasteiger partial charge in [0.25, 0.3) is 10.0 Å². The van der Waals surface area contributed by atoms with Crippen LogP contribution in [-0.2, 0) is 14.8 Å². The van der Waals surface area contributed by atoms with Crippen LogP contribution in [0.3, 0.4) is 0 Å². The smallest absolute Gasteiger partial charge is 0.262 e. The van der Waals surface area contributed by atoms with Gasteiger partial charge >= 0.3 is 0 Å². The van der Waals surface area contributed by atoms with Crippen molar-refractivity contribution < 1.29 is 27.1 Å². The van der Waals surface area contributed by atoms with Crippen LogP contribution in [0.5, 0.6) is 11.6 Å². The Labute approximate surface area is 206 Å². The second-order valence-corrected chi connectivity index (χ2v) is 9.75. The maximum absolute atomic E-state index is 13.3. The zero-order valence-corrected chi connectivity index (χ0v) is 20.2. The fourth-order valence-electron chi connectivity index (χ4n) is 4.03. The molecule has 3 heterocycles. The molecule has 2 aromatic heterocycles. The molecule has 36 heavy (non-hydrogen) atoms. The van der Waals surface area contributed by atoms with Gasteiger partial charge in [0.15, 0.2) is 5.75 Å². The van der Waals surface area contributed by atoms with Crippen molar-refractivity contribution in [2.24, 2.45) is 0 Å². The van der Waals surface area contributed by atoms with E-state index in [2.05, 4.69) is 14.7 Å². The predicted molar refractivity (Wildman–Crippen MR) is 132 cm³/mol. The average Bonchev–Trinajstić information content (AvgIpc) is 2.87. The Bertz CT molecular complexity index is 1590. The summed E-state index contributed by atoms with van der Waals surface area (Å²) in [6.07, 6.45) is 3.18. The molecular weight excluding hydrogens is 487 g/mol. The fourth-order valence-corrected chi connectivity index (χ4v) is 5.08. The minimum absolute atomic E-state index is 0.0738. The van der Waals surface area contributed by atoms with Crippen LogP contribution in [-0.4, -0.2) is 44.6 Å². The quantitative estimate of drug-likeness (QED) is 0.434. The van der Waals surface area contributed by atoms with Crippen molar-refractivity contribution in [3.63, 3.8) is 0 Å². The number of carbonyl (C=O) groups is 1. The SMILES string of the molecule is COc1ncc(-c2ccc3ncc4c(c3c2)OCCN4C(C)=O)cc1NS(=O)(=O)c1ccc(F)cc1. The van der Waals surface area contributed by atoms with Gasteiger partial charge in [-0.25, -0.2) is 17.8 Å². The maximum atomic E-state index is 13.3. The van der Waals surface area contributed by atoms with Gasteiger partial charge in [-0.15, -0.1) is 0 Å². The van der Waals surface area contributed by atoms with Gasteiger partial charge in [-0.2, -0.15) is 0 Å². The highest BCUT2D eigenvalue weighted by Crippen LogP contribution is 2.39. The third kappa shape index (κ3) is 4.29. The van der Waals surface area contributed by atoms with E-state index < -0.39 is 15.8 Å². The van der Waals surface area contributed by atoms with E-state index in [9.17, 15) is 17.6 Å². The molecule has 0 fully saturated rings. The number of rotatable bonds is 5. The number of nitrogens with zero attached hydrogens (tertiary/aromatic N) is 3. The number of fused-ring (bicyclic) bond motifs is 3. The molecule has 0 bridgehead atoms. The Morgan fingerprint density at radius 2 is 1.86 bits per heavy atom. The lowest BCUT2D eigenvalue weighted by Crippen LogP contribution is -2.36.